The fourth-order valence-corrected chi connectivity index (χ4v) is 9.44. The van der Waals surface area contributed by atoms with Crippen LogP contribution in [0.3, 0.4) is 0 Å². The largest absolute Gasteiger partial charge is 0.386 e. The summed E-state index contributed by atoms with van der Waals surface area (Å²) >= 11 is 0. The Morgan fingerprint density at radius 1 is 0.338 bits per heavy atom. The average molecular weight is 844 g/mol. The molecule has 2 aliphatic rings. The van der Waals surface area contributed by atoms with Crippen LogP contribution in [0.2, 0.25) is 0 Å². The number of hydrogen-bond donors (Lipinski definition) is 0. The van der Waals surface area contributed by atoms with E-state index >= 15 is 0 Å². The van der Waals surface area contributed by atoms with E-state index in [1.165, 1.54) is 12.1 Å². The molecule has 0 unspecified atom stereocenters. The van der Waals surface area contributed by atoms with Crippen molar-refractivity contribution in [3.63, 3.8) is 0 Å². The lowest BCUT2D eigenvalue weighted by Gasteiger charge is -2.26. The number of aromatic nitrogens is 1. The monoisotopic (exact) mass is 843 g/mol. The van der Waals surface area contributed by atoms with E-state index in [0.717, 1.165) is 61.6 Å². The molecule has 10 aromatic rings. The molecule has 0 fully saturated rings. The number of carbonyl (C=O) groups is 4. The second-order valence-corrected chi connectivity index (χ2v) is 15.9. The van der Waals surface area contributed by atoms with E-state index in [4.69, 9.17) is 9.47 Å². The molecule has 0 atom stereocenters. The van der Waals surface area contributed by atoms with Crippen LogP contribution >= 0.6 is 0 Å². The molecule has 3 heterocycles. The zero-order valence-corrected chi connectivity index (χ0v) is 34.3. The highest BCUT2D eigenvalue weighted by molar-refractivity contribution is 6.31. The van der Waals surface area contributed by atoms with Crippen molar-refractivity contribution in [2.24, 2.45) is 0 Å². The van der Waals surface area contributed by atoms with Gasteiger partial charge in [-0.25, -0.2) is 19.2 Å². The van der Waals surface area contributed by atoms with Gasteiger partial charge in [-0.3, -0.25) is 0 Å². The summed E-state index contributed by atoms with van der Waals surface area (Å²) < 4.78 is 12.5. The molecular weight excluding hydrogens is 811 g/mol. The molecule has 65 heavy (non-hydrogen) atoms. The zero-order valence-electron chi connectivity index (χ0n) is 34.3. The lowest BCUT2D eigenvalue weighted by atomic mass is 9.84. The zero-order chi connectivity index (χ0) is 43.8. The summed E-state index contributed by atoms with van der Waals surface area (Å²) in [5.41, 5.74) is 10.2. The highest BCUT2D eigenvalue weighted by Crippen LogP contribution is 2.45. The fraction of sp³-hybridized carbons (Fsp3) is 0. The Kier molecular flexibility index (Phi) is 8.57. The fourth-order valence-electron chi connectivity index (χ4n) is 9.44. The van der Waals surface area contributed by atoms with Crippen LogP contribution < -0.4 is 9.80 Å². The maximum atomic E-state index is 13.6. The smallest absolute Gasteiger partial charge is 0.347 e. The summed E-state index contributed by atoms with van der Waals surface area (Å²) in [5, 5.41) is 2.48. The van der Waals surface area contributed by atoms with Crippen molar-refractivity contribution in [3.05, 3.63) is 222 Å². The van der Waals surface area contributed by atoms with Crippen LogP contribution in [0.4, 0.5) is 34.1 Å². The van der Waals surface area contributed by atoms with Crippen LogP contribution in [0.15, 0.2) is 200 Å². The molecule has 0 saturated heterocycles. The summed E-state index contributed by atoms with van der Waals surface area (Å²) in [5.74, 6) is -3.39. The van der Waals surface area contributed by atoms with Gasteiger partial charge < -0.3 is 23.8 Å². The molecule has 0 amide bonds. The predicted octanol–water partition coefficient (Wildman–Crippen LogP) is 13.2. The normalized spacial score (nSPS) is 13.0. The third-order valence-corrected chi connectivity index (χ3v) is 12.3. The highest BCUT2D eigenvalue weighted by Gasteiger charge is 2.37. The van der Waals surface area contributed by atoms with Crippen LogP contribution in [0.1, 0.15) is 41.4 Å². The minimum Gasteiger partial charge on any atom is -0.386 e. The molecule has 0 radical (unpaired) electrons. The van der Waals surface area contributed by atoms with Gasteiger partial charge in [0.1, 0.15) is 0 Å². The third-order valence-electron chi connectivity index (χ3n) is 12.3. The van der Waals surface area contributed by atoms with Crippen LogP contribution in [-0.4, -0.2) is 28.4 Å². The predicted molar refractivity (Wildman–Crippen MR) is 253 cm³/mol. The Bertz CT molecular complexity index is 3390. The first-order valence-electron chi connectivity index (χ1n) is 21.1. The van der Waals surface area contributed by atoms with E-state index in [1.54, 1.807) is 6.07 Å². The van der Waals surface area contributed by atoms with E-state index in [-0.39, 0.29) is 33.0 Å². The number of cyclic esters (lactones) is 4. The number of benzene rings is 9. The van der Waals surface area contributed by atoms with Crippen molar-refractivity contribution >= 4 is 90.6 Å². The molecule has 9 heteroatoms. The summed E-state index contributed by atoms with van der Waals surface area (Å²) in [6.45, 7) is 0. The van der Waals surface area contributed by atoms with E-state index in [0.29, 0.717) is 11.1 Å². The highest BCUT2D eigenvalue weighted by atomic mass is 16.6. The molecule has 1 aromatic heterocycles. The topological polar surface area (TPSA) is 98.2 Å². The summed E-state index contributed by atoms with van der Waals surface area (Å²) in [4.78, 5) is 57.0. The molecule has 12 rings (SSSR count). The number of nitrogens with zero attached hydrogens (tertiary/aromatic N) is 3. The van der Waals surface area contributed by atoms with Gasteiger partial charge in [0.25, 0.3) is 0 Å². The van der Waals surface area contributed by atoms with Crippen LogP contribution in [-0.2, 0) is 9.47 Å². The molecule has 2 aliphatic heterocycles. The van der Waals surface area contributed by atoms with Crippen molar-refractivity contribution in [2.75, 3.05) is 9.80 Å². The van der Waals surface area contributed by atoms with Crippen molar-refractivity contribution in [2.45, 2.75) is 0 Å². The van der Waals surface area contributed by atoms with Crippen LogP contribution in [0.25, 0.3) is 49.4 Å². The van der Waals surface area contributed by atoms with Gasteiger partial charge in [-0.1, -0.05) is 84.9 Å². The molecule has 9 nitrogen and oxygen atoms in total. The summed E-state index contributed by atoms with van der Waals surface area (Å²) in [6, 6.07) is 66.5. The Hall–Kier alpha value is -9.08. The summed E-state index contributed by atoms with van der Waals surface area (Å²) in [6.07, 6.45) is 0. The maximum Gasteiger partial charge on any atom is 0.347 e. The second kappa shape index (κ2) is 14.8. The van der Waals surface area contributed by atoms with Gasteiger partial charge in [0.05, 0.1) is 33.3 Å². The van der Waals surface area contributed by atoms with Crippen molar-refractivity contribution in [1.82, 2.24) is 4.57 Å². The van der Waals surface area contributed by atoms with E-state index in [2.05, 4.69) is 99.3 Å². The number of esters is 4. The van der Waals surface area contributed by atoms with Crippen LogP contribution in [0, 0.1) is 0 Å². The minimum atomic E-state index is -0.856. The lowest BCUT2D eigenvalue weighted by molar-refractivity contribution is 0.0366. The second-order valence-electron chi connectivity index (χ2n) is 15.9. The molecule has 0 spiro atoms. The molecule has 0 aliphatic carbocycles. The number of rotatable bonds is 8. The van der Waals surface area contributed by atoms with Crippen LogP contribution in [0.5, 0.6) is 0 Å². The summed E-state index contributed by atoms with van der Waals surface area (Å²) in [7, 11) is 0. The number of para-hydroxylation sites is 4. The number of hydrogen-bond acceptors (Lipinski definition) is 8. The molecular formula is C56H33N3O6. The maximum absolute atomic E-state index is 13.6. The molecule has 0 bridgehead atoms. The molecule has 0 N–H and O–H groups in total. The lowest BCUT2D eigenvalue weighted by Crippen LogP contribution is -2.26. The standard InChI is InChI=1S/C56H33N3O6/c60-53-42-27-28-43-51-50(42)47(55(62)64-53)33-44(52(51)56(63)65-54(43)61)34-21-23-39(24-22-34)59-48-29-25-40(57(35-13-5-1-6-14-35)36-15-7-2-8-16-36)31-45(48)46-32-41(26-30-49(46)59)58(37-17-9-3-10-18-37)38-19-11-4-12-20-38/h1-33H. The van der Waals surface area contributed by atoms with Gasteiger partial charge in [0.15, 0.2) is 0 Å². The van der Waals surface area contributed by atoms with Gasteiger partial charge in [0.2, 0.25) is 0 Å². The number of anilines is 6. The molecule has 0 saturated carbocycles. The van der Waals surface area contributed by atoms with Gasteiger partial charge in [0, 0.05) is 61.4 Å². The molecule has 308 valence electrons. The van der Waals surface area contributed by atoms with Gasteiger partial charge in [-0.15, -0.1) is 0 Å². The third kappa shape index (κ3) is 6.01. The van der Waals surface area contributed by atoms with Crippen molar-refractivity contribution in [3.8, 4) is 16.8 Å². The minimum absolute atomic E-state index is 0.0934. The number of carbonyl (C=O) groups excluding carboxylic acids is 4. The Morgan fingerprint density at radius 2 is 0.754 bits per heavy atom. The Balaban J connectivity index is 1.06. The van der Waals surface area contributed by atoms with Gasteiger partial charge >= 0.3 is 23.9 Å². The van der Waals surface area contributed by atoms with E-state index in [1.807, 2.05) is 97.1 Å². The quantitative estimate of drug-likeness (QED) is 0.110. The average Bonchev–Trinajstić information content (AvgIpc) is 3.67. The SMILES string of the molecule is O=C1OC(=O)c2cc(-c3ccc(-n4c5ccc(N(c6ccccc6)c6ccccc6)cc5c5cc(N(c6ccccc6)c6ccccc6)ccc54)cc3)c3c4c(ccc1c24)C(=O)OC3=O. The first-order valence-corrected chi connectivity index (χ1v) is 21.1. The van der Waals surface area contributed by atoms with Gasteiger partial charge in [-0.2, -0.15) is 0 Å². The van der Waals surface area contributed by atoms with Gasteiger partial charge in [-0.05, 0) is 126 Å². The number of fused-ring (bicyclic) bond motifs is 3. The van der Waals surface area contributed by atoms with E-state index in [9.17, 15) is 19.2 Å². The van der Waals surface area contributed by atoms with E-state index < -0.39 is 23.9 Å². The van der Waals surface area contributed by atoms with Crippen molar-refractivity contribution in [1.29, 1.82) is 0 Å². The Labute approximate surface area is 371 Å². The number of ether oxygens (including phenoxy) is 2. The molecule has 9 aromatic carbocycles. The first kappa shape index (κ1) is 37.7. The first-order chi connectivity index (χ1) is 31.9. The van der Waals surface area contributed by atoms with Crippen molar-refractivity contribution < 1.29 is 28.7 Å². The Morgan fingerprint density at radius 3 is 1.22 bits per heavy atom.